The average Bonchev–Trinajstić information content (AvgIpc) is 3.16. The van der Waals surface area contributed by atoms with E-state index in [0.717, 1.165) is 37.1 Å². The van der Waals surface area contributed by atoms with E-state index < -0.39 is 5.60 Å². The van der Waals surface area contributed by atoms with E-state index in [-0.39, 0.29) is 0 Å². The molecule has 1 saturated heterocycles. The predicted molar refractivity (Wildman–Crippen MR) is 112 cm³/mol. The molecule has 2 heterocycles. The van der Waals surface area contributed by atoms with Crippen molar-refractivity contribution in [3.05, 3.63) is 22.4 Å². The molecule has 26 heavy (non-hydrogen) atoms. The van der Waals surface area contributed by atoms with Gasteiger partial charge in [0.1, 0.15) is 5.60 Å². The fourth-order valence-electron chi connectivity index (χ4n) is 3.37. The van der Waals surface area contributed by atoms with Gasteiger partial charge in [0, 0.05) is 19.1 Å². The summed E-state index contributed by atoms with van der Waals surface area (Å²) in [4.78, 5) is 7.21. The molecule has 0 radical (unpaired) electrons. The van der Waals surface area contributed by atoms with Crippen molar-refractivity contribution in [3.8, 4) is 0 Å². The second-order valence-corrected chi connectivity index (χ2v) is 8.28. The number of unbranched alkanes of at least 4 members (excludes halogenated alkanes) is 1. The molecule has 2 atom stereocenters. The van der Waals surface area contributed by atoms with Gasteiger partial charge in [-0.15, -0.1) is 0 Å². The van der Waals surface area contributed by atoms with E-state index in [2.05, 4.69) is 34.4 Å². The average molecular weight is 381 g/mol. The quantitative estimate of drug-likeness (QED) is 0.350. The van der Waals surface area contributed by atoms with Crippen LogP contribution in [0.2, 0.25) is 0 Å². The lowest BCUT2D eigenvalue weighted by Gasteiger charge is -2.33. The molecule has 0 spiro atoms. The Morgan fingerprint density at radius 1 is 1.38 bits per heavy atom. The Balaban J connectivity index is 1.71. The number of piperidine rings is 1. The highest BCUT2D eigenvalue weighted by Crippen LogP contribution is 2.23. The largest absolute Gasteiger partial charge is 0.383 e. The monoisotopic (exact) mass is 380 g/mol. The summed E-state index contributed by atoms with van der Waals surface area (Å²) >= 11 is 1.60. The molecule has 1 aromatic rings. The van der Waals surface area contributed by atoms with Gasteiger partial charge in [-0.25, -0.2) is 4.99 Å². The molecule has 0 saturated carbocycles. The molecule has 6 heteroatoms. The van der Waals surface area contributed by atoms with E-state index in [1.807, 2.05) is 23.8 Å². The summed E-state index contributed by atoms with van der Waals surface area (Å²) in [7, 11) is 0. The maximum absolute atomic E-state index is 10.6. The minimum atomic E-state index is -0.924. The number of guanidine groups is 1. The molecule has 2 unspecified atom stereocenters. The van der Waals surface area contributed by atoms with Gasteiger partial charge >= 0.3 is 0 Å². The molecule has 0 aliphatic carbocycles. The van der Waals surface area contributed by atoms with Gasteiger partial charge in [0.15, 0.2) is 5.96 Å². The number of likely N-dealkylation sites (tertiary alicyclic amines) is 1. The summed E-state index contributed by atoms with van der Waals surface area (Å²) in [5, 5.41) is 21.2. The summed E-state index contributed by atoms with van der Waals surface area (Å²) in [6, 6.07) is 2.71. The van der Waals surface area contributed by atoms with Crippen LogP contribution in [0.25, 0.3) is 0 Å². The van der Waals surface area contributed by atoms with E-state index in [4.69, 9.17) is 0 Å². The van der Waals surface area contributed by atoms with Crippen LogP contribution in [-0.4, -0.2) is 54.7 Å². The van der Waals surface area contributed by atoms with Crippen LogP contribution in [0.15, 0.2) is 21.8 Å². The summed E-state index contributed by atoms with van der Waals surface area (Å²) in [5.74, 6) is 0.786. The van der Waals surface area contributed by atoms with Gasteiger partial charge in [0.05, 0.1) is 6.54 Å². The second kappa shape index (κ2) is 10.9. The van der Waals surface area contributed by atoms with Crippen molar-refractivity contribution in [2.75, 3.05) is 32.7 Å². The van der Waals surface area contributed by atoms with E-state index in [0.29, 0.717) is 6.54 Å². The van der Waals surface area contributed by atoms with Gasteiger partial charge in [-0.3, -0.25) is 0 Å². The summed E-state index contributed by atoms with van der Waals surface area (Å²) in [6.07, 6.45) is 6.43. The van der Waals surface area contributed by atoms with Gasteiger partial charge in [0.2, 0.25) is 0 Å². The van der Waals surface area contributed by atoms with Crippen molar-refractivity contribution in [1.82, 2.24) is 15.5 Å². The molecule has 5 nitrogen and oxygen atoms in total. The highest BCUT2D eigenvalue weighted by Gasteiger charge is 2.23. The van der Waals surface area contributed by atoms with Gasteiger partial charge in [-0.1, -0.05) is 6.42 Å². The lowest BCUT2D eigenvalue weighted by molar-refractivity contribution is 0.0677. The van der Waals surface area contributed by atoms with Crippen LogP contribution in [0.1, 0.15) is 58.4 Å². The summed E-state index contributed by atoms with van der Waals surface area (Å²) in [6.45, 7) is 10.8. The molecule has 1 fully saturated rings. The molecule has 3 N–H and O–H groups in total. The van der Waals surface area contributed by atoms with Crippen LogP contribution < -0.4 is 10.6 Å². The van der Waals surface area contributed by atoms with Crippen molar-refractivity contribution in [3.63, 3.8) is 0 Å². The topological polar surface area (TPSA) is 59.9 Å². The zero-order chi connectivity index (χ0) is 18.8. The Morgan fingerprint density at radius 3 is 2.92 bits per heavy atom. The first-order chi connectivity index (χ1) is 12.5. The molecule has 0 bridgehead atoms. The smallest absolute Gasteiger partial charge is 0.191 e. The Morgan fingerprint density at radius 2 is 2.23 bits per heavy atom. The third-order valence-corrected chi connectivity index (χ3v) is 5.82. The first-order valence-electron chi connectivity index (χ1n) is 10.0. The Kier molecular flexibility index (Phi) is 8.88. The molecule has 1 aromatic heterocycles. The number of hydrogen-bond donors (Lipinski definition) is 3. The molecule has 148 valence electrons. The van der Waals surface area contributed by atoms with Crippen LogP contribution in [-0.2, 0) is 5.60 Å². The summed E-state index contributed by atoms with van der Waals surface area (Å²) < 4.78 is 0. The van der Waals surface area contributed by atoms with Crippen LogP contribution in [0.4, 0.5) is 0 Å². The predicted octanol–water partition coefficient (Wildman–Crippen LogP) is 3.17. The number of nitrogens with one attached hydrogen (secondary N) is 2. The second-order valence-electron chi connectivity index (χ2n) is 7.50. The van der Waals surface area contributed by atoms with Gasteiger partial charge < -0.3 is 20.6 Å². The Bertz CT molecular complexity index is 530. The van der Waals surface area contributed by atoms with Crippen LogP contribution in [0, 0.1) is 0 Å². The molecule has 1 aliphatic rings. The third kappa shape index (κ3) is 6.89. The minimum absolute atomic E-state index is 0.352. The SMILES string of the molecule is CCNC(=NCC(C)(O)c1ccsc1)NCCCCN1CCCCC1C. The van der Waals surface area contributed by atoms with Crippen molar-refractivity contribution in [2.45, 2.75) is 64.5 Å². The molecule has 1 aliphatic heterocycles. The molecular formula is C20H36N4OS. The van der Waals surface area contributed by atoms with Gasteiger partial charge in [-0.05, 0) is 81.9 Å². The number of rotatable bonds is 9. The van der Waals surface area contributed by atoms with Gasteiger partial charge in [-0.2, -0.15) is 11.3 Å². The van der Waals surface area contributed by atoms with Crippen molar-refractivity contribution in [1.29, 1.82) is 0 Å². The minimum Gasteiger partial charge on any atom is -0.383 e. The summed E-state index contributed by atoms with van der Waals surface area (Å²) in [5.41, 5.74) is 0.00461. The van der Waals surface area contributed by atoms with E-state index in [1.54, 1.807) is 11.3 Å². The number of nitrogens with zero attached hydrogens (tertiary/aromatic N) is 2. The highest BCUT2D eigenvalue weighted by atomic mass is 32.1. The van der Waals surface area contributed by atoms with E-state index in [9.17, 15) is 5.11 Å². The van der Waals surface area contributed by atoms with Crippen LogP contribution in [0.3, 0.4) is 0 Å². The molecular weight excluding hydrogens is 344 g/mol. The molecule has 0 amide bonds. The van der Waals surface area contributed by atoms with Crippen molar-refractivity contribution >= 4 is 17.3 Å². The number of hydrogen-bond acceptors (Lipinski definition) is 4. The van der Waals surface area contributed by atoms with Crippen LogP contribution >= 0.6 is 11.3 Å². The number of thiophene rings is 1. The molecule has 0 aromatic carbocycles. The van der Waals surface area contributed by atoms with E-state index >= 15 is 0 Å². The third-order valence-electron chi connectivity index (χ3n) is 5.14. The molecule has 2 rings (SSSR count). The first kappa shape index (κ1) is 21.2. The fourth-order valence-corrected chi connectivity index (χ4v) is 4.16. The standard InChI is InChI=1S/C20H36N4OS/c1-4-21-19(23-16-20(3,25)18-10-14-26-15-18)22-11-6-8-13-24-12-7-5-9-17(24)2/h10,14-15,17,25H,4-9,11-13,16H2,1-3H3,(H2,21,22,23). The first-order valence-corrected chi connectivity index (χ1v) is 11.0. The number of aliphatic hydroxyl groups is 1. The Hall–Kier alpha value is -1.11. The van der Waals surface area contributed by atoms with Gasteiger partial charge in [0.25, 0.3) is 0 Å². The van der Waals surface area contributed by atoms with E-state index in [1.165, 1.54) is 38.8 Å². The normalized spacial score (nSPS) is 21.4. The lowest BCUT2D eigenvalue weighted by atomic mass is 10.00. The maximum atomic E-state index is 10.6. The van der Waals surface area contributed by atoms with Crippen LogP contribution in [0.5, 0.6) is 0 Å². The zero-order valence-electron chi connectivity index (χ0n) is 16.6. The maximum Gasteiger partial charge on any atom is 0.191 e. The zero-order valence-corrected chi connectivity index (χ0v) is 17.4. The van der Waals surface area contributed by atoms with Crippen molar-refractivity contribution < 1.29 is 5.11 Å². The highest BCUT2D eigenvalue weighted by molar-refractivity contribution is 7.08. The fraction of sp³-hybridized carbons (Fsp3) is 0.750. The number of aliphatic imine (C=N–C) groups is 1. The van der Waals surface area contributed by atoms with Crippen molar-refractivity contribution in [2.24, 2.45) is 4.99 Å². The lowest BCUT2D eigenvalue weighted by Crippen LogP contribution is -2.40. The Labute approximate surface area is 162 Å².